The zero-order valence-corrected chi connectivity index (χ0v) is 12.3. The molecule has 1 aromatic carbocycles. The number of hydrogen-bond acceptors (Lipinski definition) is 5. The number of carbonyl (C=O) groups excluding carboxylic acids is 1. The summed E-state index contributed by atoms with van der Waals surface area (Å²) in [4.78, 5) is 16.3. The SMILES string of the molecule is COC(=O)c1ccc(CO/N=C\c2ccccc2Br)o1. The summed E-state index contributed by atoms with van der Waals surface area (Å²) in [5.74, 6) is 0.114. The Morgan fingerprint density at radius 3 is 2.90 bits per heavy atom. The van der Waals surface area contributed by atoms with Gasteiger partial charge in [0.2, 0.25) is 5.76 Å². The van der Waals surface area contributed by atoms with E-state index in [9.17, 15) is 4.79 Å². The molecule has 1 heterocycles. The standard InChI is InChI=1S/C14H12BrNO4/c1-18-14(17)13-7-6-11(20-13)9-19-16-8-10-4-2-3-5-12(10)15/h2-8H,9H2,1H3/b16-8-. The summed E-state index contributed by atoms with van der Waals surface area (Å²) in [6.45, 7) is 0.137. The molecule has 0 radical (unpaired) electrons. The highest BCUT2D eigenvalue weighted by molar-refractivity contribution is 9.10. The van der Waals surface area contributed by atoms with Gasteiger partial charge in [0.05, 0.1) is 13.3 Å². The first-order chi connectivity index (χ1) is 9.70. The highest BCUT2D eigenvalue weighted by Gasteiger charge is 2.10. The number of hydrogen-bond donors (Lipinski definition) is 0. The van der Waals surface area contributed by atoms with Gasteiger partial charge in [-0.2, -0.15) is 0 Å². The molecule has 1 aromatic heterocycles. The molecule has 0 saturated carbocycles. The number of furan rings is 1. The van der Waals surface area contributed by atoms with Crippen molar-refractivity contribution in [1.29, 1.82) is 0 Å². The number of oxime groups is 1. The first-order valence-electron chi connectivity index (χ1n) is 5.77. The molecule has 0 N–H and O–H groups in total. The molecule has 0 fully saturated rings. The molecule has 0 spiro atoms. The third-order valence-corrected chi connectivity index (χ3v) is 3.15. The molecular formula is C14H12BrNO4. The lowest BCUT2D eigenvalue weighted by Gasteiger charge is -1.98. The zero-order chi connectivity index (χ0) is 14.4. The summed E-state index contributed by atoms with van der Waals surface area (Å²) in [6, 6.07) is 10.8. The van der Waals surface area contributed by atoms with E-state index >= 15 is 0 Å². The van der Waals surface area contributed by atoms with Crippen molar-refractivity contribution in [3.8, 4) is 0 Å². The van der Waals surface area contributed by atoms with E-state index < -0.39 is 5.97 Å². The summed E-state index contributed by atoms with van der Waals surface area (Å²) >= 11 is 3.40. The normalized spacial score (nSPS) is 10.7. The molecule has 0 aliphatic carbocycles. The fourth-order valence-electron chi connectivity index (χ4n) is 1.44. The van der Waals surface area contributed by atoms with Crippen LogP contribution in [0.3, 0.4) is 0 Å². The Hall–Kier alpha value is -2.08. The van der Waals surface area contributed by atoms with E-state index in [1.807, 2.05) is 24.3 Å². The molecule has 0 aliphatic heterocycles. The summed E-state index contributed by atoms with van der Waals surface area (Å²) in [7, 11) is 1.29. The molecule has 0 saturated heterocycles. The van der Waals surface area contributed by atoms with E-state index in [0.29, 0.717) is 5.76 Å². The molecule has 0 atom stereocenters. The lowest BCUT2D eigenvalue weighted by atomic mass is 10.2. The highest BCUT2D eigenvalue weighted by Crippen LogP contribution is 2.14. The molecule has 6 heteroatoms. The van der Waals surface area contributed by atoms with Gasteiger partial charge >= 0.3 is 5.97 Å². The van der Waals surface area contributed by atoms with Crippen LogP contribution < -0.4 is 0 Å². The first-order valence-corrected chi connectivity index (χ1v) is 6.57. The summed E-state index contributed by atoms with van der Waals surface area (Å²) in [5.41, 5.74) is 0.905. The van der Waals surface area contributed by atoms with E-state index in [2.05, 4.69) is 25.8 Å². The maximum Gasteiger partial charge on any atom is 0.373 e. The zero-order valence-electron chi connectivity index (χ0n) is 10.7. The van der Waals surface area contributed by atoms with E-state index in [1.54, 1.807) is 12.3 Å². The summed E-state index contributed by atoms with van der Waals surface area (Å²) in [5, 5.41) is 3.84. The van der Waals surface area contributed by atoms with Crippen molar-refractivity contribution in [1.82, 2.24) is 0 Å². The smallest absolute Gasteiger partial charge is 0.373 e. The third kappa shape index (κ3) is 3.71. The molecule has 0 amide bonds. The number of halogens is 1. The maximum atomic E-state index is 11.2. The maximum absolute atomic E-state index is 11.2. The van der Waals surface area contributed by atoms with Crippen LogP contribution >= 0.6 is 15.9 Å². The van der Waals surface area contributed by atoms with E-state index in [1.165, 1.54) is 13.2 Å². The van der Waals surface area contributed by atoms with Gasteiger partial charge in [-0.05, 0) is 18.2 Å². The van der Waals surface area contributed by atoms with E-state index in [0.717, 1.165) is 10.0 Å². The summed E-state index contributed by atoms with van der Waals surface area (Å²) in [6.07, 6.45) is 1.59. The van der Waals surface area contributed by atoms with Gasteiger partial charge in [0.15, 0.2) is 6.61 Å². The quantitative estimate of drug-likeness (QED) is 0.476. The van der Waals surface area contributed by atoms with Gasteiger partial charge in [0.25, 0.3) is 0 Å². The topological polar surface area (TPSA) is 61.0 Å². The van der Waals surface area contributed by atoms with Crippen LogP contribution in [-0.4, -0.2) is 19.3 Å². The van der Waals surface area contributed by atoms with Crippen molar-refractivity contribution in [2.75, 3.05) is 7.11 Å². The molecule has 2 aromatic rings. The van der Waals surface area contributed by atoms with Crippen LogP contribution in [0.5, 0.6) is 0 Å². The predicted molar refractivity (Wildman–Crippen MR) is 76.6 cm³/mol. The number of nitrogens with zero attached hydrogens (tertiary/aromatic N) is 1. The van der Waals surface area contributed by atoms with Crippen molar-refractivity contribution in [2.45, 2.75) is 6.61 Å². The molecule has 0 aliphatic rings. The largest absolute Gasteiger partial charge is 0.463 e. The van der Waals surface area contributed by atoms with Crippen LogP contribution in [-0.2, 0) is 16.2 Å². The Morgan fingerprint density at radius 2 is 2.15 bits per heavy atom. The molecule has 20 heavy (non-hydrogen) atoms. The van der Waals surface area contributed by atoms with Crippen LogP contribution in [0.25, 0.3) is 0 Å². The van der Waals surface area contributed by atoms with Crippen molar-refractivity contribution in [2.24, 2.45) is 5.16 Å². The van der Waals surface area contributed by atoms with Crippen molar-refractivity contribution in [3.63, 3.8) is 0 Å². The van der Waals surface area contributed by atoms with Crippen LogP contribution in [0.15, 0.2) is 50.4 Å². The number of methoxy groups -OCH3 is 1. The van der Waals surface area contributed by atoms with Crippen molar-refractivity contribution in [3.05, 3.63) is 58.0 Å². The fraction of sp³-hybridized carbons (Fsp3) is 0.143. The number of rotatable bonds is 5. The molecule has 2 rings (SSSR count). The Bertz CT molecular complexity index is 621. The van der Waals surface area contributed by atoms with Gasteiger partial charge in [-0.1, -0.05) is 39.3 Å². The lowest BCUT2D eigenvalue weighted by Crippen LogP contribution is -1.98. The fourth-order valence-corrected chi connectivity index (χ4v) is 1.83. The van der Waals surface area contributed by atoms with Gasteiger partial charge in [-0.3, -0.25) is 0 Å². The molecular weight excluding hydrogens is 326 g/mol. The predicted octanol–water partition coefficient (Wildman–Crippen LogP) is 3.38. The van der Waals surface area contributed by atoms with Gasteiger partial charge in [-0.15, -0.1) is 0 Å². The molecule has 0 bridgehead atoms. The third-order valence-electron chi connectivity index (χ3n) is 2.43. The van der Waals surface area contributed by atoms with Crippen molar-refractivity contribution < 1.29 is 18.8 Å². The lowest BCUT2D eigenvalue weighted by molar-refractivity contribution is 0.0553. The average molecular weight is 338 g/mol. The number of esters is 1. The Morgan fingerprint density at radius 1 is 1.35 bits per heavy atom. The number of benzene rings is 1. The molecule has 104 valence electrons. The van der Waals surface area contributed by atoms with Gasteiger partial charge < -0.3 is 14.0 Å². The number of carbonyl (C=O) groups is 1. The van der Waals surface area contributed by atoms with Crippen LogP contribution in [0, 0.1) is 0 Å². The van der Waals surface area contributed by atoms with Crippen molar-refractivity contribution >= 4 is 28.1 Å². The second kappa shape index (κ2) is 6.91. The Kier molecular flexibility index (Phi) is 4.95. The van der Waals surface area contributed by atoms with Gasteiger partial charge in [0, 0.05) is 10.0 Å². The highest BCUT2D eigenvalue weighted by atomic mass is 79.9. The minimum Gasteiger partial charge on any atom is -0.463 e. The van der Waals surface area contributed by atoms with Gasteiger partial charge in [0.1, 0.15) is 5.76 Å². The number of ether oxygens (including phenoxy) is 1. The average Bonchev–Trinajstić information content (AvgIpc) is 2.93. The monoisotopic (exact) mass is 337 g/mol. The molecule has 5 nitrogen and oxygen atoms in total. The molecule has 0 unspecified atom stereocenters. The summed E-state index contributed by atoms with van der Waals surface area (Å²) < 4.78 is 10.7. The van der Waals surface area contributed by atoms with Crippen LogP contribution in [0.1, 0.15) is 21.9 Å². The first kappa shape index (κ1) is 14.3. The Labute approximate surface area is 124 Å². The Balaban J connectivity index is 1.88. The van der Waals surface area contributed by atoms with E-state index in [-0.39, 0.29) is 12.4 Å². The van der Waals surface area contributed by atoms with Gasteiger partial charge in [-0.25, -0.2) is 4.79 Å². The van der Waals surface area contributed by atoms with Crippen LogP contribution in [0.2, 0.25) is 0 Å². The second-order valence-electron chi connectivity index (χ2n) is 3.79. The second-order valence-corrected chi connectivity index (χ2v) is 4.64. The minimum absolute atomic E-state index is 0.137. The van der Waals surface area contributed by atoms with Crippen LogP contribution in [0.4, 0.5) is 0 Å². The van der Waals surface area contributed by atoms with E-state index in [4.69, 9.17) is 9.25 Å². The minimum atomic E-state index is -0.520.